The van der Waals surface area contributed by atoms with E-state index in [-0.39, 0.29) is 31.1 Å². The van der Waals surface area contributed by atoms with Crippen molar-refractivity contribution in [3.8, 4) is 5.75 Å². The lowest BCUT2D eigenvalue weighted by molar-refractivity contribution is -0.125. The zero-order valence-corrected chi connectivity index (χ0v) is 15.3. The number of carbonyl (C=O) groups excluding carboxylic acids is 1. The van der Waals surface area contributed by atoms with Gasteiger partial charge in [0.2, 0.25) is 11.9 Å². The number of hydrogen-bond donors (Lipinski definition) is 2. The molecule has 2 aliphatic heterocycles. The predicted octanol–water partition coefficient (Wildman–Crippen LogP) is 0.789. The topological polar surface area (TPSA) is 103 Å². The molecular weight excluding hydrogens is 353 g/mol. The van der Waals surface area contributed by atoms with Gasteiger partial charge < -0.3 is 25.4 Å². The maximum absolute atomic E-state index is 12.5. The fraction of sp³-hybridized carbons (Fsp3) is 0.611. The smallest absolute Gasteiger partial charge is 0.225 e. The van der Waals surface area contributed by atoms with Crippen LogP contribution in [0.1, 0.15) is 19.3 Å². The van der Waals surface area contributed by atoms with Crippen LogP contribution in [0.5, 0.6) is 5.75 Å². The van der Waals surface area contributed by atoms with Crippen molar-refractivity contribution < 1.29 is 18.7 Å². The third kappa shape index (κ3) is 5.36. The second kappa shape index (κ2) is 9.61. The zero-order valence-electron chi connectivity index (χ0n) is 15.3. The third-order valence-corrected chi connectivity index (χ3v) is 4.88. The highest BCUT2D eigenvalue weighted by molar-refractivity contribution is 5.80. The van der Waals surface area contributed by atoms with Crippen LogP contribution >= 0.6 is 0 Å². The fourth-order valence-electron chi connectivity index (χ4n) is 3.14. The third-order valence-electron chi connectivity index (χ3n) is 4.88. The van der Waals surface area contributed by atoms with Gasteiger partial charge in [-0.05, 0) is 19.3 Å². The summed E-state index contributed by atoms with van der Waals surface area (Å²) in [5.41, 5.74) is 5.76. The Morgan fingerprint density at radius 2 is 2.07 bits per heavy atom. The van der Waals surface area contributed by atoms with E-state index in [1.807, 2.05) is 0 Å². The van der Waals surface area contributed by atoms with Crippen molar-refractivity contribution in [1.82, 2.24) is 15.3 Å². The van der Waals surface area contributed by atoms with Crippen molar-refractivity contribution in [2.24, 2.45) is 11.7 Å². The molecule has 1 aromatic heterocycles. The Bertz CT molecular complexity index is 647. The average Bonchev–Trinajstić information content (AvgIpc) is 3.13. The summed E-state index contributed by atoms with van der Waals surface area (Å²) in [6.45, 7) is 3.03. The predicted molar refractivity (Wildman–Crippen MR) is 98.1 cm³/mol. The van der Waals surface area contributed by atoms with Crippen LogP contribution in [0.3, 0.4) is 0 Å². The Labute approximate surface area is 157 Å². The number of amides is 1. The number of rotatable bonds is 8. The molecule has 1 unspecified atom stereocenters. The highest BCUT2D eigenvalue weighted by Gasteiger charge is 2.27. The number of aromatic nitrogens is 2. The minimum Gasteiger partial charge on any atom is -0.486 e. The normalized spacial score (nSPS) is 21.4. The second-order valence-corrected chi connectivity index (χ2v) is 6.78. The number of hydrogen-bond acceptors (Lipinski definition) is 7. The van der Waals surface area contributed by atoms with Gasteiger partial charge in [0, 0.05) is 31.8 Å². The summed E-state index contributed by atoms with van der Waals surface area (Å²) in [6.07, 6.45) is 6.38. The van der Waals surface area contributed by atoms with E-state index in [1.54, 1.807) is 12.4 Å². The number of anilines is 1. The number of ether oxygens (including phenoxy) is 2. The zero-order chi connectivity index (χ0) is 19.1. The van der Waals surface area contributed by atoms with E-state index in [9.17, 15) is 9.18 Å². The molecule has 0 bridgehead atoms. The van der Waals surface area contributed by atoms with E-state index >= 15 is 0 Å². The summed E-state index contributed by atoms with van der Waals surface area (Å²) in [4.78, 5) is 22.3. The van der Waals surface area contributed by atoms with Crippen LogP contribution in [0.2, 0.25) is 0 Å². The van der Waals surface area contributed by atoms with Crippen LogP contribution in [-0.2, 0) is 9.53 Å². The van der Waals surface area contributed by atoms with E-state index in [2.05, 4.69) is 20.2 Å². The van der Waals surface area contributed by atoms with Crippen LogP contribution in [0.25, 0.3) is 0 Å². The van der Waals surface area contributed by atoms with Crippen LogP contribution in [0.4, 0.5) is 10.3 Å². The van der Waals surface area contributed by atoms with Gasteiger partial charge in [0.05, 0.1) is 37.4 Å². The molecule has 27 heavy (non-hydrogen) atoms. The van der Waals surface area contributed by atoms with Gasteiger partial charge in [-0.1, -0.05) is 0 Å². The van der Waals surface area contributed by atoms with E-state index in [4.69, 9.17) is 15.2 Å². The summed E-state index contributed by atoms with van der Waals surface area (Å²) >= 11 is 0. The van der Waals surface area contributed by atoms with Gasteiger partial charge in [0.1, 0.15) is 6.61 Å². The molecule has 2 aliphatic rings. The van der Waals surface area contributed by atoms with E-state index in [0.29, 0.717) is 30.2 Å². The lowest BCUT2D eigenvalue weighted by Gasteiger charge is -2.32. The number of nitrogens with zero attached hydrogens (tertiary/aromatic N) is 3. The summed E-state index contributed by atoms with van der Waals surface area (Å²) in [5, 5.41) is 2.83. The number of nitrogens with one attached hydrogen (secondary N) is 1. The first kappa shape index (κ1) is 19.5. The van der Waals surface area contributed by atoms with Crippen LogP contribution in [-0.4, -0.2) is 61.4 Å². The molecule has 0 saturated carbocycles. The first-order valence-corrected chi connectivity index (χ1v) is 9.27. The fourth-order valence-corrected chi connectivity index (χ4v) is 3.14. The largest absolute Gasteiger partial charge is 0.486 e. The minimum atomic E-state index is -0.00839. The molecule has 3 heterocycles. The Morgan fingerprint density at radius 1 is 1.33 bits per heavy atom. The molecule has 2 fully saturated rings. The molecule has 0 spiro atoms. The molecule has 3 rings (SSSR count). The Balaban J connectivity index is 1.41. The molecule has 1 amide bonds. The first-order valence-electron chi connectivity index (χ1n) is 9.27. The van der Waals surface area contributed by atoms with Crippen molar-refractivity contribution in [3.05, 3.63) is 24.3 Å². The highest BCUT2D eigenvalue weighted by atomic mass is 19.1. The molecule has 8 nitrogen and oxygen atoms in total. The number of nitrogens with two attached hydrogens (primary N) is 1. The monoisotopic (exact) mass is 379 g/mol. The van der Waals surface area contributed by atoms with Gasteiger partial charge >= 0.3 is 0 Å². The molecule has 0 radical (unpaired) electrons. The van der Waals surface area contributed by atoms with E-state index in [1.165, 1.54) is 0 Å². The molecule has 1 aromatic rings. The van der Waals surface area contributed by atoms with Gasteiger partial charge in [-0.25, -0.2) is 14.4 Å². The molecule has 9 heteroatoms. The van der Waals surface area contributed by atoms with Crippen LogP contribution < -0.4 is 20.7 Å². The Morgan fingerprint density at radius 3 is 2.67 bits per heavy atom. The lowest BCUT2D eigenvalue weighted by atomic mass is 10.1. The molecule has 3 N–H and O–H groups in total. The van der Waals surface area contributed by atoms with Gasteiger partial charge in [0.25, 0.3) is 0 Å². The molecular formula is C18H26FN5O3. The second-order valence-electron chi connectivity index (χ2n) is 6.78. The van der Waals surface area contributed by atoms with Crippen molar-refractivity contribution in [1.29, 1.82) is 0 Å². The van der Waals surface area contributed by atoms with Gasteiger partial charge in [0.15, 0.2) is 5.75 Å². The highest BCUT2D eigenvalue weighted by Crippen LogP contribution is 2.21. The van der Waals surface area contributed by atoms with E-state index in [0.717, 1.165) is 38.9 Å². The molecule has 148 valence electrons. The maximum Gasteiger partial charge on any atom is 0.225 e. The Kier molecular flexibility index (Phi) is 6.94. The van der Waals surface area contributed by atoms with Gasteiger partial charge in [-0.15, -0.1) is 0 Å². The molecule has 0 aliphatic carbocycles. The standard InChI is InChI=1S/C18H26FN5O3/c19-7-13(8-20)11-26-16-9-22-18(23-10-16)24-5-2-15(3-6-24)27-12-14-1-4-21-17(14)25/h7,9-10,14-15H,1-6,8,11-12,20H2,(H,21,25)/b13-7+. The van der Waals surface area contributed by atoms with Gasteiger partial charge in [-0.3, -0.25) is 4.79 Å². The van der Waals surface area contributed by atoms with Crippen LogP contribution in [0, 0.1) is 5.92 Å². The van der Waals surface area contributed by atoms with Crippen molar-refractivity contribution in [2.45, 2.75) is 25.4 Å². The molecule has 1 atom stereocenters. The molecule has 0 aromatic carbocycles. The lowest BCUT2D eigenvalue weighted by Crippen LogP contribution is -2.38. The van der Waals surface area contributed by atoms with Gasteiger partial charge in [-0.2, -0.15) is 0 Å². The van der Waals surface area contributed by atoms with E-state index < -0.39 is 0 Å². The summed E-state index contributed by atoms with van der Waals surface area (Å²) in [6, 6.07) is 0. The number of piperidine rings is 1. The molecule has 2 saturated heterocycles. The summed E-state index contributed by atoms with van der Waals surface area (Å²) < 4.78 is 23.8. The van der Waals surface area contributed by atoms with Crippen LogP contribution in [0.15, 0.2) is 24.3 Å². The first-order chi connectivity index (χ1) is 13.2. The quantitative estimate of drug-likeness (QED) is 0.688. The SMILES string of the molecule is NC/C(=C\F)COc1cnc(N2CCC(OCC3CCNC3=O)CC2)nc1. The summed E-state index contributed by atoms with van der Waals surface area (Å²) in [5.74, 6) is 1.20. The number of carbonyl (C=O) groups is 1. The summed E-state index contributed by atoms with van der Waals surface area (Å²) in [7, 11) is 0. The maximum atomic E-state index is 12.5. The Hall–Kier alpha value is -2.26. The van der Waals surface area contributed by atoms with Crippen molar-refractivity contribution >= 4 is 11.9 Å². The minimum absolute atomic E-state index is 0.00839. The number of halogens is 1. The average molecular weight is 379 g/mol. The van der Waals surface area contributed by atoms with Crippen molar-refractivity contribution in [2.75, 3.05) is 44.3 Å². The van der Waals surface area contributed by atoms with Crippen molar-refractivity contribution in [3.63, 3.8) is 0 Å².